The fourth-order valence-corrected chi connectivity index (χ4v) is 3.06. The molecule has 0 saturated heterocycles. The van der Waals surface area contributed by atoms with Crippen LogP contribution in [0.2, 0.25) is 0 Å². The summed E-state index contributed by atoms with van der Waals surface area (Å²) in [5.41, 5.74) is 4.33. The van der Waals surface area contributed by atoms with Crippen molar-refractivity contribution in [3.05, 3.63) is 29.8 Å². The molecule has 0 heterocycles. The largest absolute Gasteiger partial charge is 0.435 e. The van der Waals surface area contributed by atoms with Crippen molar-refractivity contribution in [2.45, 2.75) is 50.9 Å². The molecule has 1 fully saturated rings. The molecule has 28 heavy (non-hydrogen) atoms. The first-order valence-electron chi connectivity index (χ1n) is 8.56. The topological polar surface area (TPSA) is 90.7 Å². The van der Waals surface area contributed by atoms with Gasteiger partial charge in [0.1, 0.15) is 17.0 Å². The third-order valence-corrected chi connectivity index (χ3v) is 4.38. The van der Waals surface area contributed by atoms with Gasteiger partial charge in [-0.2, -0.15) is 17.6 Å². The highest BCUT2D eigenvalue weighted by Crippen LogP contribution is 2.30. The van der Waals surface area contributed by atoms with E-state index in [0.29, 0.717) is 12.8 Å². The molecule has 2 rings (SSSR count). The Morgan fingerprint density at radius 2 is 1.71 bits per heavy atom. The molecule has 1 aromatic rings. The Morgan fingerprint density at radius 3 is 2.29 bits per heavy atom. The number of amides is 2. The molecule has 0 spiro atoms. The van der Waals surface area contributed by atoms with Crippen LogP contribution in [-0.2, 0) is 9.59 Å². The number of rotatable bonds is 8. The highest BCUT2D eigenvalue weighted by atomic mass is 19.3. The summed E-state index contributed by atoms with van der Waals surface area (Å²) in [4.78, 5) is 24.0. The average Bonchev–Trinajstić information content (AvgIpc) is 2.60. The fraction of sp³-hybridized carbons (Fsp3) is 0.444. The standard InChI is InChI=1S/C18H20F4N2O4/c19-16(20)27-12-6-4-11(13(10-12)28-17(21)22)5-7-14(25)24-18(15(23)26)8-2-1-3-9-18/h4-7,10,16-17H,1-3,8-9H2,(H2,23,26)(H,24,25)/b7-5+. The SMILES string of the molecule is NC(=O)C1(NC(=O)/C=C/c2ccc(OC(F)F)cc2OC(F)F)CCCCC1. The van der Waals surface area contributed by atoms with Gasteiger partial charge in [0.05, 0.1) is 0 Å². The highest BCUT2D eigenvalue weighted by molar-refractivity contribution is 5.97. The molecule has 0 radical (unpaired) electrons. The van der Waals surface area contributed by atoms with Crippen LogP contribution in [0, 0.1) is 0 Å². The molecule has 3 N–H and O–H groups in total. The number of carbonyl (C=O) groups excluding carboxylic acids is 2. The fourth-order valence-electron chi connectivity index (χ4n) is 3.06. The van der Waals surface area contributed by atoms with Gasteiger partial charge in [0.2, 0.25) is 11.8 Å². The molecule has 0 unspecified atom stereocenters. The summed E-state index contributed by atoms with van der Waals surface area (Å²) in [6.45, 7) is -6.34. The molecule has 154 valence electrons. The minimum absolute atomic E-state index is 0.0360. The Hall–Kier alpha value is -2.78. The third-order valence-electron chi connectivity index (χ3n) is 4.38. The van der Waals surface area contributed by atoms with E-state index < -0.39 is 36.3 Å². The van der Waals surface area contributed by atoms with Gasteiger partial charge in [-0.25, -0.2) is 0 Å². The van der Waals surface area contributed by atoms with Crippen molar-refractivity contribution in [1.29, 1.82) is 0 Å². The van der Waals surface area contributed by atoms with Gasteiger partial charge in [0, 0.05) is 17.7 Å². The molecule has 10 heteroatoms. The molecule has 6 nitrogen and oxygen atoms in total. The first kappa shape index (κ1) is 21.5. The Balaban J connectivity index is 2.16. The number of primary amides is 1. The summed E-state index contributed by atoms with van der Waals surface area (Å²) in [6, 6.07) is 3.17. The lowest BCUT2D eigenvalue weighted by Crippen LogP contribution is -2.58. The van der Waals surface area contributed by atoms with Gasteiger partial charge < -0.3 is 20.5 Å². The van der Waals surface area contributed by atoms with E-state index >= 15 is 0 Å². The monoisotopic (exact) mass is 404 g/mol. The van der Waals surface area contributed by atoms with Crippen molar-refractivity contribution in [3.63, 3.8) is 0 Å². The Labute approximate surface area is 158 Å². The maximum atomic E-state index is 12.6. The van der Waals surface area contributed by atoms with Crippen molar-refractivity contribution in [2.24, 2.45) is 5.73 Å². The van der Waals surface area contributed by atoms with Gasteiger partial charge in [-0.1, -0.05) is 19.3 Å². The van der Waals surface area contributed by atoms with Crippen LogP contribution in [0.4, 0.5) is 17.6 Å². The minimum atomic E-state index is -3.21. The number of alkyl halides is 4. The number of nitrogens with one attached hydrogen (secondary N) is 1. The Bertz CT molecular complexity index is 734. The van der Waals surface area contributed by atoms with Crippen LogP contribution >= 0.6 is 0 Å². The molecular weight excluding hydrogens is 384 g/mol. The second-order valence-corrected chi connectivity index (χ2v) is 6.29. The van der Waals surface area contributed by atoms with Crippen molar-refractivity contribution in [2.75, 3.05) is 0 Å². The quantitative estimate of drug-likeness (QED) is 0.514. The van der Waals surface area contributed by atoms with Gasteiger partial charge in [0.15, 0.2) is 0 Å². The third kappa shape index (κ3) is 5.86. The highest BCUT2D eigenvalue weighted by Gasteiger charge is 2.38. The van der Waals surface area contributed by atoms with E-state index in [4.69, 9.17) is 5.73 Å². The van der Waals surface area contributed by atoms with E-state index in [2.05, 4.69) is 14.8 Å². The van der Waals surface area contributed by atoms with Crippen LogP contribution in [0.25, 0.3) is 6.08 Å². The van der Waals surface area contributed by atoms with E-state index in [1.165, 1.54) is 6.07 Å². The molecule has 0 atom stereocenters. The smallest absolute Gasteiger partial charge is 0.387 e. The lowest BCUT2D eigenvalue weighted by atomic mass is 9.81. The summed E-state index contributed by atoms with van der Waals surface area (Å²) >= 11 is 0. The number of ether oxygens (including phenoxy) is 2. The van der Waals surface area contributed by atoms with Gasteiger partial charge in [-0.05, 0) is 31.1 Å². The van der Waals surface area contributed by atoms with Crippen LogP contribution < -0.4 is 20.5 Å². The van der Waals surface area contributed by atoms with Crippen LogP contribution in [0.15, 0.2) is 24.3 Å². The molecule has 1 aliphatic carbocycles. The van der Waals surface area contributed by atoms with Crippen molar-refractivity contribution in [3.8, 4) is 11.5 Å². The molecular formula is C18H20F4N2O4. The second kappa shape index (κ2) is 9.43. The number of hydrogen-bond acceptors (Lipinski definition) is 4. The number of carbonyl (C=O) groups is 2. The first-order chi connectivity index (χ1) is 13.2. The summed E-state index contributed by atoms with van der Waals surface area (Å²) < 4.78 is 58.1. The zero-order valence-corrected chi connectivity index (χ0v) is 14.8. The zero-order valence-electron chi connectivity index (χ0n) is 14.8. The molecule has 1 aromatic carbocycles. The predicted molar refractivity (Wildman–Crippen MR) is 91.9 cm³/mol. The minimum Gasteiger partial charge on any atom is -0.435 e. The van der Waals surface area contributed by atoms with E-state index in [-0.39, 0.29) is 11.3 Å². The van der Waals surface area contributed by atoms with Gasteiger partial charge in [-0.3, -0.25) is 9.59 Å². The molecule has 1 aliphatic rings. The van der Waals surface area contributed by atoms with E-state index in [1.807, 2.05) is 0 Å². The summed E-state index contributed by atoms with van der Waals surface area (Å²) in [6.07, 6.45) is 5.44. The normalized spacial score (nSPS) is 16.4. The van der Waals surface area contributed by atoms with E-state index in [9.17, 15) is 27.2 Å². The molecule has 1 saturated carbocycles. The summed E-state index contributed by atoms with van der Waals surface area (Å²) in [5, 5.41) is 2.59. The van der Waals surface area contributed by atoms with Gasteiger partial charge in [0.25, 0.3) is 0 Å². The number of nitrogens with two attached hydrogens (primary N) is 1. The second-order valence-electron chi connectivity index (χ2n) is 6.29. The van der Waals surface area contributed by atoms with Crippen LogP contribution in [-0.4, -0.2) is 30.6 Å². The van der Waals surface area contributed by atoms with Crippen LogP contribution in [0.5, 0.6) is 11.5 Å². The predicted octanol–water partition coefficient (Wildman–Crippen LogP) is 3.21. The lowest BCUT2D eigenvalue weighted by molar-refractivity contribution is -0.130. The lowest BCUT2D eigenvalue weighted by Gasteiger charge is -2.34. The van der Waals surface area contributed by atoms with Crippen LogP contribution in [0.3, 0.4) is 0 Å². The van der Waals surface area contributed by atoms with E-state index in [0.717, 1.165) is 43.5 Å². The Morgan fingerprint density at radius 1 is 1.07 bits per heavy atom. The van der Waals surface area contributed by atoms with Crippen molar-refractivity contribution >= 4 is 17.9 Å². The zero-order chi connectivity index (χ0) is 20.7. The van der Waals surface area contributed by atoms with Crippen molar-refractivity contribution in [1.82, 2.24) is 5.32 Å². The maximum Gasteiger partial charge on any atom is 0.387 e. The van der Waals surface area contributed by atoms with Gasteiger partial charge in [-0.15, -0.1) is 0 Å². The van der Waals surface area contributed by atoms with Crippen molar-refractivity contribution < 1.29 is 36.6 Å². The number of hydrogen-bond donors (Lipinski definition) is 2. The summed E-state index contributed by atoms with van der Waals surface area (Å²) in [7, 11) is 0. The summed E-state index contributed by atoms with van der Waals surface area (Å²) in [5.74, 6) is -2.10. The average molecular weight is 404 g/mol. The molecule has 0 aliphatic heterocycles. The molecule has 0 bridgehead atoms. The number of halogens is 4. The van der Waals surface area contributed by atoms with E-state index in [1.54, 1.807) is 0 Å². The van der Waals surface area contributed by atoms with Crippen LogP contribution in [0.1, 0.15) is 37.7 Å². The maximum absolute atomic E-state index is 12.6. The first-order valence-corrected chi connectivity index (χ1v) is 8.56. The number of benzene rings is 1. The molecule has 0 aromatic heterocycles. The Kier molecular flexibility index (Phi) is 7.24. The van der Waals surface area contributed by atoms with Gasteiger partial charge >= 0.3 is 13.2 Å². The molecule has 2 amide bonds.